The standard InChI is InChI=1S/C14H19NO2/c1-10-6-17-12-5-3-2-4-11(12)14(10)7-13(14,8-15)9-16/h2-5,10,16H,6-9,15H2,1H3. The van der Waals surface area contributed by atoms with E-state index in [0.29, 0.717) is 12.5 Å². The fraction of sp³-hybridized carbons (Fsp3) is 0.571. The van der Waals surface area contributed by atoms with Gasteiger partial charge in [-0.05, 0) is 12.5 Å². The maximum atomic E-state index is 9.70. The Balaban J connectivity index is 2.12. The second-order valence-electron chi connectivity index (χ2n) is 5.50. The van der Waals surface area contributed by atoms with Gasteiger partial charge in [-0.15, -0.1) is 0 Å². The number of rotatable bonds is 2. The van der Waals surface area contributed by atoms with Crippen LogP contribution in [-0.2, 0) is 5.41 Å². The molecule has 3 heteroatoms. The van der Waals surface area contributed by atoms with E-state index in [0.717, 1.165) is 18.8 Å². The molecule has 2 aliphatic rings. The Labute approximate surface area is 102 Å². The van der Waals surface area contributed by atoms with E-state index >= 15 is 0 Å². The van der Waals surface area contributed by atoms with Crippen LogP contribution in [0.1, 0.15) is 18.9 Å². The van der Waals surface area contributed by atoms with Gasteiger partial charge in [-0.25, -0.2) is 0 Å². The molecule has 3 unspecified atom stereocenters. The van der Waals surface area contributed by atoms with Gasteiger partial charge in [-0.1, -0.05) is 25.1 Å². The Bertz CT molecular complexity index is 442. The van der Waals surface area contributed by atoms with E-state index < -0.39 is 0 Å². The molecule has 1 heterocycles. The van der Waals surface area contributed by atoms with Crippen LogP contribution in [0.4, 0.5) is 0 Å². The number of ether oxygens (including phenoxy) is 1. The molecule has 0 radical (unpaired) electrons. The van der Waals surface area contributed by atoms with Gasteiger partial charge in [0, 0.05) is 28.9 Å². The summed E-state index contributed by atoms with van der Waals surface area (Å²) in [4.78, 5) is 0. The van der Waals surface area contributed by atoms with Crippen LogP contribution in [0.25, 0.3) is 0 Å². The number of aliphatic hydroxyl groups excluding tert-OH is 1. The number of nitrogens with two attached hydrogens (primary N) is 1. The molecule has 0 saturated heterocycles. The number of fused-ring (bicyclic) bond motifs is 2. The number of benzene rings is 1. The Morgan fingerprint density at radius 2 is 2.24 bits per heavy atom. The van der Waals surface area contributed by atoms with Gasteiger partial charge < -0.3 is 15.6 Å². The molecule has 92 valence electrons. The van der Waals surface area contributed by atoms with Gasteiger partial charge in [0.2, 0.25) is 0 Å². The Morgan fingerprint density at radius 1 is 1.47 bits per heavy atom. The number of hydrogen-bond donors (Lipinski definition) is 2. The molecule has 1 fully saturated rings. The molecule has 17 heavy (non-hydrogen) atoms. The predicted octanol–water partition coefficient (Wildman–Crippen LogP) is 1.29. The highest BCUT2D eigenvalue weighted by atomic mass is 16.5. The summed E-state index contributed by atoms with van der Waals surface area (Å²) < 4.78 is 5.77. The van der Waals surface area contributed by atoms with Crippen molar-refractivity contribution in [3.05, 3.63) is 29.8 Å². The minimum atomic E-state index is -0.133. The average molecular weight is 233 g/mol. The fourth-order valence-electron chi connectivity index (χ4n) is 3.67. The molecular formula is C14H19NO2. The van der Waals surface area contributed by atoms with Crippen molar-refractivity contribution in [2.45, 2.75) is 18.8 Å². The second-order valence-corrected chi connectivity index (χ2v) is 5.50. The van der Waals surface area contributed by atoms with Crippen molar-refractivity contribution < 1.29 is 9.84 Å². The molecule has 1 aliphatic heterocycles. The highest BCUT2D eigenvalue weighted by Crippen LogP contribution is 2.70. The predicted molar refractivity (Wildman–Crippen MR) is 66.0 cm³/mol. The number of hydrogen-bond acceptors (Lipinski definition) is 3. The van der Waals surface area contributed by atoms with Crippen LogP contribution in [0.2, 0.25) is 0 Å². The summed E-state index contributed by atoms with van der Waals surface area (Å²) in [7, 11) is 0. The van der Waals surface area contributed by atoms with Crippen molar-refractivity contribution in [2.24, 2.45) is 17.1 Å². The van der Waals surface area contributed by atoms with Crippen molar-refractivity contribution in [1.29, 1.82) is 0 Å². The van der Waals surface area contributed by atoms with E-state index in [-0.39, 0.29) is 17.4 Å². The van der Waals surface area contributed by atoms with Gasteiger partial charge in [0.1, 0.15) is 5.75 Å². The zero-order valence-electron chi connectivity index (χ0n) is 10.1. The van der Waals surface area contributed by atoms with E-state index in [4.69, 9.17) is 10.5 Å². The molecule has 1 aromatic carbocycles. The zero-order valence-corrected chi connectivity index (χ0v) is 10.1. The SMILES string of the molecule is CC1COc2ccccc2C12CC2(CN)CO. The van der Waals surface area contributed by atoms with Gasteiger partial charge in [-0.3, -0.25) is 0 Å². The molecule has 1 aliphatic carbocycles. The van der Waals surface area contributed by atoms with Crippen LogP contribution < -0.4 is 10.5 Å². The van der Waals surface area contributed by atoms with Gasteiger partial charge in [-0.2, -0.15) is 0 Å². The highest BCUT2D eigenvalue weighted by Gasteiger charge is 2.70. The highest BCUT2D eigenvalue weighted by molar-refractivity contribution is 5.50. The maximum Gasteiger partial charge on any atom is 0.123 e. The quantitative estimate of drug-likeness (QED) is 0.809. The zero-order chi connectivity index (χ0) is 12.1. The molecule has 3 rings (SSSR count). The summed E-state index contributed by atoms with van der Waals surface area (Å²) in [6.45, 7) is 3.63. The molecule has 3 atom stereocenters. The lowest BCUT2D eigenvalue weighted by Gasteiger charge is -2.35. The Kier molecular flexibility index (Phi) is 2.25. The monoisotopic (exact) mass is 233 g/mol. The third-order valence-corrected chi connectivity index (χ3v) is 4.83. The molecule has 3 N–H and O–H groups in total. The van der Waals surface area contributed by atoms with E-state index in [1.54, 1.807) is 0 Å². The van der Waals surface area contributed by atoms with Crippen molar-refractivity contribution >= 4 is 0 Å². The third-order valence-electron chi connectivity index (χ3n) is 4.83. The number of para-hydroxylation sites is 1. The van der Waals surface area contributed by atoms with Crippen molar-refractivity contribution in [3.8, 4) is 5.75 Å². The van der Waals surface area contributed by atoms with Gasteiger partial charge in [0.15, 0.2) is 0 Å². The first-order valence-corrected chi connectivity index (χ1v) is 6.23. The maximum absolute atomic E-state index is 9.70. The molecule has 1 spiro atoms. The summed E-state index contributed by atoms with van der Waals surface area (Å²) in [6, 6.07) is 8.17. The molecule has 1 aromatic rings. The fourth-order valence-corrected chi connectivity index (χ4v) is 3.67. The molecule has 0 aromatic heterocycles. The molecular weight excluding hydrogens is 214 g/mol. The van der Waals surface area contributed by atoms with Gasteiger partial charge in [0.25, 0.3) is 0 Å². The van der Waals surface area contributed by atoms with Crippen LogP contribution in [0.3, 0.4) is 0 Å². The first kappa shape index (κ1) is 11.1. The summed E-state index contributed by atoms with van der Waals surface area (Å²) >= 11 is 0. The van der Waals surface area contributed by atoms with Crippen molar-refractivity contribution in [2.75, 3.05) is 19.8 Å². The summed E-state index contributed by atoms with van der Waals surface area (Å²) in [6.07, 6.45) is 0.981. The first-order chi connectivity index (χ1) is 8.20. The molecule has 3 nitrogen and oxygen atoms in total. The van der Waals surface area contributed by atoms with E-state index in [1.165, 1.54) is 5.56 Å². The van der Waals surface area contributed by atoms with Crippen molar-refractivity contribution in [1.82, 2.24) is 0 Å². The average Bonchev–Trinajstić information content (AvgIpc) is 3.06. The van der Waals surface area contributed by atoms with Crippen LogP contribution in [-0.4, -0.2) is 24.9 Å². The Morgan fingerprint density at radius 3 is 2.88 bits per heavy atom. The normalized spacial score (nSPS) is 38.6. The lowest BCUT2D eigenvalue weighted by molar-refractivity contribution is 0.134. The smallest absolute Gasteiger partial charge is 0.123 e. The van der Waals surface area contributed by atoms with E-state index in [1.807, 2.05) is 18.2 Å². The van der Waals surface area contributed by atoms with Crippen molar-refractivity contribution in [3.63, 3.8) is 0 Å². The van der Waals surface area contributed by atoms with Crippen LogP contribution in [0, 0.1) is 11.3 Å². The largest absolute Gasteiger partial charge is 0.493 e. The minimum Gasteiger partial charge on any atom is -0.493 e. The number of aliphatic hydroxyl groups is 1. The molecule has 1 saturated carbocycles. The second kappa shape index (κ2) is 3.47. The van der Waals surface area contributed by atoms with Crippen LogP contribution in [0.5, 0.6) is 5.75 Å². The summed E-state index contributed by atoms with van der Waals surface area (Å²) in [5, 5.41) is 9.70. The third kappa shape index (κ3) is 1.19. The lowest BCUT2D eigenvalue weighted by atomic mass is 9.75. The minimum absolute atomic E-state index is 0.0331. The first-order valence-electron chi connectivity index (χ1n) is 6.23. The van der Waals surface area contributed by atoms with Gasteiger partial charge >= 0.3 is 0 Å². The topological polar surface area (TPSA) is 55.5 Å². The van der Waals surface area contributed by atoms with Gasteiger partial charge in [0.05, 0.1) is 13.2 Å². The summed E-state index contributed by atoms with van der Waals surface area (Å²) in [5.41, 5.74) is 7.04. The van der Waals surface area contributed by atoms with E-state index in [2.05, 4.69) is 13.0 Å². The van der Waals surface area contributed by atoms with Crippen LogP contribution >= 0.6 is 0 Å². The molecule has 0 amide bonds. The van der Waals surface area contributed by atoms with Crippen LogP contribution in [0.15, 0.2) is 24.3 Å². The Hall–Kier alpha value is -1.06. The van der Waals surface area contributed by atoms with E-state index in [9.17, 15) is 5.11 Å². The molecule has 0 bridgehead atoms. The lowest BCUT2D eigenvalue weighted by Crippen LogP contribution is -2.39. The summed E-state index contributed by atoms with van der Waals surface area (Å²) in [5.74, 6) is 1.38.